The number of carbonyl (C=O) groups is 2. The first-order valence-corrected chi connectivity index (χ1v) is 10.8. The third kappa shape index (κ3) is 4.07. The number of fused-ring (bicyclic) bond motifs is 1. The molecule has 1 N–H and O–H groups in total. The van der Waals surface area contributed by atoms with E-state index < -0.39 is 23.7 Å². The minimum Gasteiger partial charge on any atom is -0.457 e. The summed E-state index contributed by atoms with van der Waals surface area (Å²) >= 11 is 0. The number of nitrogens with one attached hydrogen (secondary N) is 1. The van der Waals surface area contributed by atoms with Crippen LogP contribution in [-0.4, -0.2) is 28.5 Å². The molecular formula is C25H19F3N4O3. The summed E-state index contributed by atoms with van der Waals surface area (Å²) in [6, 6.07) is 12.2. The predicted molar refractivity (Wildman–Crippen MR) is 124 cm³/mol. The molecule has 1 saturated heterocycles. The number of pyridine rings is 1. The summed E-state index contributed by atoms with van der Waals surface area (Å²) in [5, 5.41) is 0.802. The molecule has 0 bridgehead atoms. The van der Waals surface area contributed by atoms with E-state index >= 15 is 0 Å². The Balaban J connectivity index is 1.44. The molecule has 0 spiro atoms. The first-order chi connectivity index (χ1) is 16.8. The van der Waals surface area contributed by atoms with E-state index in [9.17, 15) is 22.8 Å². The SMILES string of the molecule is CCc1cc(Oc2ccnc3[nH]ccc23)ccc1N1C(=O)CN(c2cccc(C(F)(F)F)c2)C1=O. The molecule has 3 heterocycles. The molecule has 1 aliphatic rings. The molecule has 0 atom stereocenters. The van der Waals surface area contributed by atoms with Gasteiger partial charge in [-0.3, -0.25) is 9.69 Å². The number of hydrogen-bond acceptors (Lipinski definition) is 4. The Morgan fingerprint density at radius 1 is 1.09 bits per heavy atom. The molecule has 5 rings (SSSR count). The van der Waals surface area contributed by atoms with E-state index in [1.54, 1.807) is 36.7 Å². The van der Waals surface area contributed by atoms with Gasteiger partial charge in [0.15, 0.2) is 0 Å². The van der Waals surface area contributed by atoms with Crippen molar-refractivity contribution >= 4 is 34.3 Å². The monoisotopic (exact) mass is 480 g/mol. The molecule has 1 aliphatic heterocycles. The maximum absolute atomic E-state index is 13.1. The zero-order valence-corrected chi connectivity index (χ0v) is 18.5. The van der Waals surface area contributed by atoms with Gasteiger partial charge in [-0.25, -0.2) is 14.7 Å². The Labute approximate surface area is 197 Å². The Hall–Kier alpha value is -4.34. The zero-order chi connectivity index (χ0) is 24.7. The molecule has 0 unspecified atom stereocenters. The predicted octanol–water partition coefficient (Wildman–Crippen LogP) is 5.91. The largest absolute Gasteiger partial charge is 0.457 e. The molecular weight excluding hydrogens is 461 g/mol. The van der Waals surface area contributed by atoms with Gasteiger partial charge in [0.25, 0.3) is 5.91 Å². The van der Waals surface area contributed by atoms with Crippen molar-refractivity contribution < 1.29 is 27.5 Å². The minimum absolute atomic E-state index is 0.00637. The quantitative estimate of drug-likeness (QED) is 0.360. The lowest BCUT2D eigenvalue weighted by Gasteiger charge is -2.20. The molecule has 0 aliphatic carbocycles. The second-order valence-electron chi connectivity index (χ2n) is 7.94. The average Bonchev–Trinajstić information content (AvgIpc) is 3.43. The van der Waals surface area contributed by atoms with Crippen LogP contribution < -0.4 is 14.5 Å². The second-order valence-corrected chi connectivity index (χ2v) is 7.94. The lowest BCUT2D eigenvalue weighted by atomic mass is 10.1. The lowest BCUT2D eigenvalue weighted by Crippen LogP contribution is -2.33. The molecule has 0 saturated carbocycles. The molecule has 2 aromatic carbocycles. The highest BCUT2D eigenvalue weighted by Gasteiger charge is 2.40. The summed E-state index contributed by atoms with van der Waals surface area (Å²) in [7, 11) is 0. The Morgan fingerprint density at radius 3 is 2.69 bits per heavy atom. The molecule has 178 valence electrons. The third-order valence-electron chi connectivity index (χ3n) is 5.77. The van der Waals surface area contributed by atoms with E-state index in [4.69, 9.17) is 4.74 Å². The summed E-state index contributed by atoms with van der Waals surface area (Å²) in [4.78, 5) is 35.2. The topological polar surface area (TPSA) is 78.5 Å². The lowest BCUT2D eigenvalue weighted by molar-refractivity contribution is -0.137. The fraction of sp³-hybridized carbons (Fsp3) is 0.160. The highest BCUT2D eigenvalue weighted by atomic mass is 19.4. The summed E-state index contributed by atoms with van der Waals surface area (Å²) in [5.41, 5.74) is 0.835. The maximum atomic E-state index is 13.1. The van der Waals surface area contributed by atoms with Crippen LogP contribution >= 0.6 is 0 Å². The van der Waals surface area contributed by atoms with E-state index in [-0.39, 0.29) is 12.2 Å². The van der Waals surface area contributed by atoms with Crippen LogP contribution in [0.5, 0.6) is 11.5 Å². The van der Waals surface area contributed by atoms with Crippen molar-refractivity contribution in [3.05, 3.63) is 78.1 Å². The van der Waals surface area contributed by atoms with Crippen LogP contribution in [0, 0.1) is 0 Å². The second kappa shape index (κ2) is 8.46. The van der Waals surface area contributed by atoms with Gasteiger partial charge in [-0.2, -0.15) is 13.2 Å². The Morgan fingerprint density at radius 2 is 1.91 bits per heavy atom. The number of aromatic amines is 1. The number of benzene rings is 2. The summed E-state index contributed by atoms with van der Waals surface area (Å²) in [6.07, 6.45) is -0.698. The van der Waals surface area contributed by atoms with E-state index in [1.807, 2.05) is 13.0 Å². The van der Waals surface area contributed by atoms with Crippen molar-refractivity contribution in [3.63, 3.8) is 0 Å². The number of anilines is 2. The first kappa shape index (κ1) is 22.5. The van der Waals surface area contributed by atoms with Crippen molar-refractivity contribution in [1.29, 1.82) is 0 Å². The van der Waals surface area contributed by atoms with Gasteiger partial charge in [0.05, 0.1) is 16.6 Å². The van der Waals surface area contributed by atoms with E-state index in [0.29, 0.717) is 34.8 Å². The number of ether oxygens (including phenoxy) is 1. The smallest absolute Gasteiger partial charge is 0.416 e. The Bertz CT molecular complexity index is 1450. The van der Waals surface area contributed by atoms with Crippen LogP contribution in [0.2, 0.25) is 0 Å². The highest BCUT2D eigenvalue weighted by molar-refractivity contribution is 6.27. The fourth-order valence-corrected chi connectivity index (χ4v) is 4.07. The van der Waals surface area contributed by atoms with Gasteiger partial charge in [-0.15, -0.1) is 0 Å². The van der Waals surface area contributed by atoms with Gasteiger partial charge in [0.1, 0.15) is 23.7 Å². The number of amides is 3. The van der Waals surface area contributed by atoms with E-state index in [1.165, 1.54) is 12.1 Å². The van der Waals surface area contributed by atoms with Crippen molar-refractivity contribution in [3.8, 4) is 11.5 Å². The number of H-pyrrole nitrogens is 1. The van der Waals surface area contributed by atoms with Gasteiger partial charge in [-0.1, -0.05) is 13.0 Å². The van der Waals surface area contributed by atoms with Crippen molar-refractivity contribution in [2.75, 3.05) is 16.3 Å². The molecule has 35 heavy (non-hydrogen) atoms. The number of imide groups is 1. The van der Waals surface area contributed by atoms with Crippen LogP contribution in [0.15, 0.2) is 67.0 Å². The first-order valence-electron chi connectivity index (χ1n) is 10.8. The molecule has 10 heteroatoms. The van der Waals surface area contributed by atoms with Crippen LogP contribution in [0.1, 0.15) is 18.1 Å². The van der Waals surface area contributed by atoms with E-state index in [2.05, 4.69) is 9.97 Å². The minimum atomic E-state index is -4.56. The van der Waals surface area contributed by atoms with Gasteiger partial charge < -0.3 is 9.72 Å². The van der Waals surface area contributed by atoms with Crippen LogP contribution in [0.3, 0.4) is 0 Å². The number of alkyl halides is 3. The summed E-state index contributed by atoms with van der Waals surface area (Å²) < 4.78 is 45.4. The normalized spacial score (nSPS) is 14.3. The van der Waals surface area contributed by atoms with Crippen LogP contribution in [0.4, 0.5) is 29.3 Å². The maximum Gasteiger partial charge on any atom is 0.416 e. The van der Waals surface area contributed by atoms with Crippen LogP contribution in [0.25, 0.3) is 11.0 Å². The molecule has 0 radical (unpaired) electrons. The van der Waals surface area contributed by atoms with Crippen molar-refractivity contribution in [2.45, 2.75) is 19.5 Å². The zero-order valence-electron chi connectivity index (χ0n) is 18.5. The summed E-state index contributed by atoms with van der Waals surface area (Å²) in [5.74, 6) is 0.571. The number of carbonyl (C=O) groups excluding carboxylic acids is 2. The van der Waals surface area contributed by atoms with Crippen LogP contribution in [-0.2, 0) is 17.4 Å². The molecule has 7 nitrogen and oxygen atoms in total. The van der Waals surface area contributed by atoms with Gasteiger partial charge in [0.2, 0.25) is 0 Å². The molecule has 3 amide bonds. The molecule has 4 aromatic rings. The molecule has 1 fully saturated rings. The average molecular weight is 480 g/mol. The number of halogens is 3. The van der Waals surface area contributed by atoms with Crippen molar-refractivity contribution in [2.24, 2.45) is 0 Å². The van der Waals surface area contributed by atoms with Gasteiger partial charge in [0, 0.05) is 18.1 Å². The number of nitrogens with zero attached hydrogens (tertiary/aromatic N) is 3. The number of aryl methyl sites for hydroxylation is 1. The van der Waals surface area contributed by atoms with Gasteiger partial charge in [-0.05, 0) is 60.5 Å². The summed E-state index contributed by atoms with van der Waals surface area (Å²) in [6.45, 7) is 1.51. The number of aromatic nitrogens is 2. The van der Waals surface area contributed by atoms with Gasteiger partial charge >= 0.3 is 12.2 Å². The highest BCUT2D eigenvalue weighted by Crippen LogP contribution is 2.36. The van der Waals surface area contributed by atoms with E-state index in [0.717, 1.165) is 27.3 Å². The standard InChI is InChI=1S/C25H19F3N4O3/c1-2-15-12-18(35-21-9-11-30-23-19(21)8-10-29-23)6-7-20(15)32-22(33)14-31(24(32)34)17-5-3-4-16(13-17)25(26,27)28/h3-13H,2,14H2,1H3,(H,29,30). The van der Waals surface area contributed by atoms with Crippen molar-refractivity contribution in [1.82, 2.24) is 9.97 Å². The number of urea groups is 1. The number of hydrogen-bond donors (Lipinski definition) is 1. The number of rotatable bonds is 5. The third-order valence-corrected chi connectivity index (χ3v) is 5.77. The molecule has 2 aromatic heterocycles. The Kier molecular flexibility index (Phi) is 5.43. The fourth-order valence-electron chi connectivity index (χ4n) is 4.07.